The molecule has 0 spiro atoms. The predicted molar refractivity (Wildman–Crippen MR) is 74.7 cm³/mol. The molecule has 0 radical (unpaired) electrons. The van der Waals surface area contributed by atoms with Crippen molar-refractivity contribution in [1.29, 1.82) is 0 Å². The van der Waals surface area contributed by atoms with Gasteiger partial charge in [-0.2, -0.15) is 0 Å². The SMILES string of the molecule is CC(C)(CCO)NS(=O)(=O)c1ccc(Br)c(N)c1. The fourth-order valence-electron chi connectivity index (χ4n) is 1.44. The molecule has 0 saturated heterocycles. The fourth-order valence-corrected chi connectivity index (χ4v) is 3.17. The molecule has 0 aliphatic carbocycles. The van der Waals surface area contributed by atoms with Crippen LogP contribution in [0.15, 0.2) is 27.6 Å². The smallest absolute Gasteiger partial charge is 0.241 e. The molecule has 0 aliphatic heterocycles. The Kier molecular flexibility index (Phi) is 4.77. The van der Waals surface area contributed by atoms with Gasteiger partial charge in [0, 0.05) is 22.3 Å². The zero-order chi connectivity index (χ0) is 14.0. The molecule has 102 valence electrons. The second-order valence-electron chi connectivity index (χ2n) is 4.65. The Morgan fingerprint density at radius 1 is 1.44 bits per heavy atom. The average Bonchev–Trinajstić information content (AvgIpc) is 2.20. The zero-order valence-electron chi connectivity index (χ0n) is 10.3. The van der Waals surface area contributed by atoms with Crippen molar-refractivity contribution in [2.45, 2.75) is 30.7 Å². The lowest BCUT2D eigenvalue weighted by Crippen LogP contribution is -2.43. The van der Waals surface area contributed by atoms with E-state index in [0.29, 0.717) is 16.6 Å². The average molecular weight is 337 g/mol. The van der Waals surface area contributed by atoms with E-state index in [2.05, 4.69) is 20.7 Å². The molecule has 4 N–H and O–H groups in total. The van der Waals surface area contributed by atoms with Gasteiger partial charge in [0.15, 0.2) is 0 Å². The van der Waals surface area contributed by atoms with E-state index in [-0.39, 0.29) is 11.5 Å². The van der Waals surface area contributed by atoms with Gasteiger partial charge in [-0.1, -0.05) is 0 Å². The number of rotatable bonds is 5. The standard InChI is InChI=1S/C11H17BrN2O3S/c1-11(2,5-6-15)14-18(16,17)8-3-4-9(12)10(13)7-8/h3-4,7,14-15H,5-6,13H2,1-2H3. The number of aliphatic hydroxyl groups is 1. The van der Waals surface area contributed by atoms with Crippen LogP contribution in [0.2, 0.25) is 0 Å². The van der Waals surface area contributed by atoms with Crippen LogP contribution in [-0.2, 0) is 10.0 Å². The van der Waals surface area contributed by atoms with Gasteiger partial charge < -0.3 is 10.8 Å². The molecule has 0 fully saturated rings. The summed E-state index contributed by atoms with van der Waals surface area (Å²) in [5, 5.41) is 8.89. The Bertz CT molecular complexity index is 529. The van der Waals surface area contributed by atoms with E-state index in [1.165, 1.54) is 12.1 Å². The Hall–Kier alpha value is -0.630. The van der Waals surface area contributed by atoms with Crippen LogP contribution in [0.4, 0.5) is 5.69 Å². The highest BCUT2D eigenvalue weighted by molar-refractivity contribution is 9.10. The Labute approximate surface area is 116 Å². The molecule has 0 saturated carbocycles. The first-order valence-electron chi connectivity index (χ1n) is 5.38. The number of nitrogens with two attached hydrogens (primary N) is 1. The van der Waals surface area contributed by atoms with Gasteiger partial charge in [-0.05, 0) is 54.4 Å². The van der Waals surface area contributed by atoms with Crippen LogP contribution in [0.5, 0.6) is 0 Å². The van der Waals surface area contributed by atoms with Gasteiger partial charge in [0.1, 0.15) is 0 Å². The molecular formula is C11H17BrN2O3S. The minimum absolute atomic E-state index is 0.0853. The molecule has 0 aromatic heterocycles. The van der Waals surface area contributed by atoms with Crippen LogP contribution in [-0.4, -0.2) is 25.7 Å². The maximum atomic E-state index is 12.1. The van der Waals surface area contributed by atoms with Crippen molar-refractivity contribution in [3.8, 4) is 0 Å². The summed E-state index contributed by atoms with van der Waals surface area (Å²) in [5.41, 5.74) is 5.31. The van der Waals surface area contributed by atoms with Gasteiger partial charge in [-0.25, -0.2) is 13.1 Å². The van der Waals surface area contributed by atoms with E-state index < -0.39 is 15.6 Å². The summed E-state index contributed by atoms with van der Waals surface area (Å²) in [6.07, 6.45) is 0.332. The molecule has 7 heteroatoms. The van der Waals surface area contributed by atoms with Crippen molar-refractivity contribution >= 4 is 31.6 Å². The van der Waals surface area contributed by atoms with Crippen LogP contribution in [0.25, 0.3) is 0 Å². The molecular weight excluding hydrogens is 320 g/mol. The lowest BCUT2D eigenvalue weighted by Gasteiger charge is -2.25. The highest BCUT2D eigenvalue weighted by atomic mass is 79.9. The summed E-state index contributed by atoms with van der Waals surface area (Å²) in [7, 11) is -3.64. The maximum Gasteiger partial charge on any atom is 0.241 e. The molecule has 0 unspecified atom stereocenters. The molecule has 18 heavy (non-hydrogen) atoms. The molecule has 0 heterocycles. The van der Waals surface area contributed by atoms with Crippen LogP contribution in [0, 0.1) is 0 Å². The summed E-state index contributed by atoms with van der Waals surface area (Å²) in [6.45, 7) is 3.34. The van der Waals surface area contributed by atoms with E-state index in [1.54, 1.807) is 19.9 Å². The number of anilines is 1. The normalized spacial score (nSPS) is 12.7. The van der Waals surface area contributed by atoms with Crippen molar-refractivity contribution < 1.29 is 13.5 Å². The van der Waals surface area contributed by atoms with Gasteiger partial charge >= 0.3 is 0 Å². The lowest BCUT2D eigenvalue weighted by molar-refractivity contribution is 0.246. The van der Waals surface area contributed by atoms with Gasteiger partial charge in [-0.3, -0.25) is 0 Å². The number of nitrogens with one attached hydrogen (secondary N) is 1. The third-order valence-electron chi connectivity index (χ3n) is 2.43. The number of benzene rings is 1. The van der Waals surface area contributed by atoms with Crippen molar-refractivity contribution in [1.82, 2.24) is 4.72 Å². The third kappa shape index (κ3) is 3.94. The van der Waals surface area contributed by atoms with Crippen molar-refractivity contribution in [3.63, 3.8) is 0 Å². The Balaban J connectivity index is 3.03. The van der Waals surface area contributed by atoms with Gasteiger partial charge in [0.2, 0.25) is 10.0 Å². The molecule has 1 aromatic carbocycles. The van der Waals surface area contributed by atoms with Gasteiger partial charge in [-0.15, -0.1) is 0 Å². The molecule has 0 aliphatic rings. The van der Waals surface area contributed by atoms with E-state index in [9.17, 15) is 8.42 Å². The number of aliphatic hydroxyl groups excluding tert-OH is 1. The van der Waals surface area contributed by atoms with E-state index in [4.69, 9.17) is 10.8 Å². The number of sulfonamides is 1. The van der Waals surface area contributed by atoms with Crippen LogP contribution in [0.1, 0.15) is 20.3 Å². The summed E-state index contributed by atoms with van der Waals surface area (Å²) < 4.78 is 27.4. The molecule has 1 aromatic rings. The summed E-state index contributed by atoms with van der Waals surface area (Å²) in [6, 6.07) is 4.45. The number of halogens is 1. The molecule has 0 amide bonds. The molecule has 5 nitrogen and oxygen atoms in total. The summed E-state index contributed by atoms with van der Waals surface area (Å²) in [4.78, 5) is 0.106. The first kappa shape index (κ1) is 15.4. The lowest BCUT2D eigenvalue weighted by atomic mass is 10.0. The highest BCUT2D eigenvalue weighted by Gasteiger charge is 2.25. The third-order valence-corrected chi connectivity index (χ3v) is 4.84. The van der Waals surface area contributed by atoms with Gasteiger partial charge in [0.25, 0.3) is 0 Å². The molecule has 0 atom stereocenters. The largest absolute Gasteiger partial charge is 0.398 e. The monoisotopic (exact) mass is 336 g/mol. The van der Waals surface area contributed by atoms with Crippen LogP contribution < -0.4 is 10.5 Å². The molecule has 0 bridgehead atoms. The summed E-state index contributed by atoms with van der Waals surface area (Å²) in [5.74, 6) is 0. The number of hydrogen-bond acceptors (Lipinski definition) is 4. The van der Waals surface area contributed by atoms with Crippen LogP contribution in [0.3, 0.4) is 0 Å². The maximum absolute atomic E-state index is 12.1. The Morgan fingerprint density at radius 2 is 2.06 bits per heavy atom. The van der Waals surface area contributed by atoms with Crippen LogP contribution >= 0.6 is 15.9 Å². The van der Waals surface area contributed by atoms with Crippen molar-refractivity contribution in [3.05, 3.63) is 22.7 Å². The predicted octanol–water partition coefficient (Wildman–Crippen LogP) is 1.47. The van der Waals surface area contributed by atoms with Crippen molar-refractivity contribution in [2.24, 2.45) is 0 Å². The second kappa shape index (κ2) is 5.56. The second-order valence-corrected chi connectivity index (χ2v) is 7.18. The topological polar surface area (TPSA) is 92.4 Å². The fraction of sp³-hybridized carbons (Fsp3) is 0.455. The number of hydrogen-bond donors (Lipinski definition) is 3. The first-order chi connectivity index (χ1) is 8.18. The summed E-state index contributed by atoms with van der Waals surface area (Å²) >= 11 is 3.21. The van der Waals surface area contributed by atoms with E-state index >= 15 is 0 Å². The minimum atomic E-state index is -3.64. The first-order valence-corrected chi connectivity index (χ1v) is 7.65. The van der Waals surface area contributed by atoms with E-state index in [1.807, 2.05) is 0 Å². The van der Waals surface area contributed by atoms with Crippen molar-refractivity contribution in [2.75, 3.05) is 12.3 Å². The van der Waals surface area contributed by atoms with E-state index in [0.717, 1.165) is 0 Å². The highest BCUT2D eigenvalue weighted by Crippen LogP contribution is 2.23. The molecule has 1 rings (SSSR count). The van der Waals surface area contributed by atoms with Gasteiger partial charge in [0.05, 0.1) is 4.90 Å². The zero-order valence-corrected chi connectivity index (χ0v) is 12.7. The minimum Gasteiger partial charge on any atom is -0.398 e. The Morgan fingerprint density at radius 3 is 2.56 bits per heavy atom. The quantitative estimate of drug-likeness (QED) is 0.710. The number of nitrogen functional groups attached to an aromatic ring is 1.